The van der Waals surface area contributed by atoms with E-state index in [0.29, 0.717) is 11.5 Å². The average molecular weight is 299 g/mol. The second kappa shape index (κ2) is 7.12. The van der Waals surface area contributed by atoms with Crippen molar-refractivity contribution in [2.45, 2.75) is 0 Å². The smallest absolute Gasteiger partial charge is 0.255 e. The average Bonchev–Trinajstić information content (AvgIpc) is 2.51. The van der Waals surface area contributed by atoms with E-state index >= 15 is 0 Å². The fourth-order valence-electron chi connectivity index (χ4n) is 1.76. The largest absolute Gasteiger partial charge is 0.484 e. The molecule has 4 N–H and O–H groups in total. The Kier molecular flexibility index (Phi) is 4.98. The number of hydrogen-bond acceptors (Lipinski definition) is 4. The minimum Gasteiger partial charge on any atom is -0.484 e. The SMILES string of the molecule is NC(=O)COc1cc[c]c(-c2cccc(OCC(N)=O)c2)c1. The summed E-state index contributed by atoms with van der Waals surface area (Å²) in [5.41, 5.74) is 11.7. The quantitative estimate of drug-likeness (QED) is 0.791. The van der Waals surface area contributed by atoms with Crippen LogP contribution in [-0.4, -0.2) is 25.0 Å². The van der Waals surface area contributed by atoms with Gasteiger partial charge in [0, 0.05) is 0 Å². The van der Waals surface area contributed by atoms with Crippen LogP contribution in [0.5, 0.6) is 11.5 Å². The summed E-state index contributed by atoms with van der Waals surface area (Å²) in [5.74, 6) is -0.0563. The number of carbonyl (C=O) groups excluding carboxylic acids is 2. The lowest BCUT2D eigenvalue weighted by Gasteiger charge is -2.08. The van der Waals surface area contributed by atoms with Gasteiger partial charge in [-0.05, 0) is 41.5 Å². The van der Waals surface area contributed by atoms with Crippen LogP contribution >= 0.6 is 0 Å². The second-order valence-corrected chi connectivity index (χ2v) is 4.48. The van der Waals surface area contributed by atoms with Crippen molar-refractivity contribution < 1.29 is 19.1 Å². The highest BCUT2D eigenvalue weighted by atomic mass is 16.5. The van der Waals surface area contributed by atoms with Crippen molar-refractivity contribution in [2.24, 2.45) is 11.5 Å². The van der Waals surface area contributed by atoms with E-state index < -0.39 is 11.8 Å². The number of benzene rings is 2. The molecule has 0 unspecified atom stereocenters. The van der Waals surface area contributed by atoms with Crippen molar-refractivity contribution >= 4 is 11.8 Å². The molecule has 0 aromatic heterocycles. The Morgan fingerprint density at radius 3 is 2.23 bits per heavy atom. The summed E-state index contributed by atoms with van der Waals surface area (Å²) in [6, 6.07) is 15.3. The van der Waals surface area contributed by atoms with Crippen LogP contribution in [0.15, 0.2) is 42.5 Å². The fourth-order valence-corrected chi connectivity index (χ4v) is 1.76. The molecule has 6 nitrogen and oxygen atoms in total. The number of primary amides is 2. The van der Waals surface area contributed by atoms with Crippen molar-refractivity contribution in [1.82, 2.24) is 0 Å². The van der Waals surface area contributed by atoms with E-state index in [2.05, 4.69) is 6.07 Å². The van der Waals surface area contributed by atoms with Gasteiger partial charge in [0.1, 0.15) is 11.5 Å². The number of amides is 2. The first kappa shape index (κ1) is 15.4. The molecule has 22 heavy (non-hydrogen) atoms. The Morgan fingerprint density at radius 2 is 1.59 bits per heavy atom. The van der Waals surface area contributed by atoms with Crippen molar-refractivity contribution in [2.75, 3.05) is 13.2 Å². The van der Waals surface area contributed by atoms with Gasteiger partial charge in [0.2, 0.25) is 0 Å². The first-order valence-corrected chi connectivity index (χ1v) is 6.49. The lowest BCUT2D eigenvalue weighted by Crippen LogP contribution is -2.20. The predicted octanol–water partition coefficient (Wildman–Crippen LogP) is 0.882. The summed E-state index contributed by atoms with van der Waals surface area (Å²) in [6.45, 7) is -0.375. The summed E-state index contributed by atoms with van der Waals surface area (Å²) >= 11 is 0. The van der Waals surface area contributed by atoms with Crippen LogP contribution in [0.25, 0.3) is 11.1 Å². The van der Waals surface area contributed by atoms with E-state index in [1.807, 2.05) is 6.07 Å². The molecule has 0 aliphatic carbocycles. The highest BCUT2D eigenvalue weighted by molar-refractivity contribution is 5.76. The molecule has 0 aliphatic heterocycles. The van der Waals surface area contributed by atoms with Crippen molar-refractivity contribution in [3.63, 3.8) is 0 Å². The van der Waals surface area contributed by atoms with Gasteiger partial charge in [-0.25, -0.2) is 0 Å². The summed E-state index contributed by atoms with van der Waals surface area (Å²) in [5, 5.41) is 0. The van der Waals surface area contributed by atoms with E-state index in [-0.39, 0.29) is 13.2 Å². The molecule has 113 valence electrons. The third-order valence-corrected chi connectivity index (χ3v) is 2.68. The Labute approximate surface area is 127 Å². The highest BCUT2D eigenvalue weighted by Crippen LogP contribution is 2.26. The minimum atomic E-state index is -0.545. The molecule has 0 aliphatic rings. The van der Waals surface area contributed by atoms with Gasteiger partial charge in [-0.15, -0.1) is 0 Å². The summed E-state index contributed by atoms with van der Waals surface area (Å²) in [6.07, 6.45) is 0. The molecule has 2 amide bonds. The van der Waals surface area contributed by atoms with Gasteiger partial charge in [-0.3, -0.25) is 9.59 Å². The maximum Gasteiger partial charge on any atom is 0.255 e. The number of carbonyl (C=O) groups is 2. The van der Waals surface area contributed by atoms with Crippen molar-refractivity contribution in [3.05, 3.63) is 48.5 Å². The molecule has 0 saturated carbocycles. The van der Waals surface area contributed by atoms with Crippen LogP contribution < -0.4 is 20.9 Å². The maximum atomic E-state index is 10.7. The van der Waals surface area contributed by atoms with Crippen LogP contribution in [0.1, 0.15) is 0 Å². The standard InChI is InChI=1S/C16H15N2O4/c17-15(19)9-21-13-5-1-3-11(7-13)12-4-2-6-14(8-12)22-10-16(18)20/h1-3,5-8H,9-10H2,(H2,17,19)(H2,18,20). The molecule has 2 aromatic rings. The molecule has 0 heterocycles. The van der Waals surface area contributed by atoms with E-state index in [0.717, 1.165) is 11.1 Å². The lowest BCUT2D eigenvalue weighted by molar-refractivity contribution is -0.120. The normalized spacial score (nSPS) is 10.0. The Balaban J connectivity index is 2.16. The van der Waals surface area contributed by atoms with Gasteiger partial charge < -0.3 is 20.9 Å². The third-order valence-electron chi connectivity index (χ3n) is 2.68. The van der Waals surface area contributed by atoms with Gasteiger partial charge in [-0.2, -0.15) is 0 Å². The van der Waals surface area contributed by atoms with Crippen LogP contribution in [0, 0.1) is 6.07 Å². The topological polar surface area (TPSA) is 105 Å². The Bertz CT molecular complexity index is 626. The first-order chi connectivity index (χ1) is 10.5. The third kappa shape index (κ3) is 4.52. The molecule has 0 spiro atoms. The van der Waals surface area contributed by atoms with E-state index in [1.54, 1.807) is 36.4 Å². The molecule has 2 aromatic carbocycles. The minimum absolute atomic E-state index is 0.186. The van der Waals surface area contributed by atoms with Crippen LogP contribution in [0.4, 0.5) is 0 Å². The van der Waals surface area contributed by atoms with E-state index in [9.17, 15) is 9.59 Å². The molecule has 0 atom stereocenters. The number of ether oxygens (including phenoxy) is 2. The zero-order valence-corrected chi connectivity index (χ0v) is 11.7. The van der Waals surface area contributed by atoms with Gasteiger partial charge in [0.25, 0.3) is 11.8 Å². The zero-order valence-electron chi connectivity index (χ0n) is 11.7. The summed E-state index contributed by atoms with van der Waals surface area (Å²) < 4.78 is 10.5. The van der Waals surface area contributed by atoms with Crippen LogP contribution in [-0.2, 0) is 9.59 Å². The first-order valence-electron chi connectivity index (χ1n) is 6.49. The van der Waals surface area contributed by atoms with Gasteiger partial charge in [-0.1, -0.05) is 18.2 Å². The molecular weight excluding hydrogens is 284 g/mol. The van der Waals surface area contributed by atoms with Gasteiger partial charge in [0.05, 0.1) is 0 Å². The van der Waals surface area contributed by atoms with Crippen LogP contribution in [0.3, 0.4) is 0 Å². The maximum absolute atomic E-state index is 10.7. The molecule has 0 saturated heterocycles. The molecule has 1 radical (unpaired) electrons. The summed E-state index contributed by atoms with van der Waals surface area (Å²) in [7, 11) is 0. The zero-order chi connectivity index (χ0) is 15.9. The summed E-state index contributed by atoms with van der Waals surface area (Å²) in [4.78, 5) is 21.5. The lowest BCUT2D eigenvalue weighted by atomic mass is 10.1. The van der Waals surface area contributed by atoms with E-state index in [1.165, 1.54) is 0 Å². The molecular formula is C16H15N2O4. The molecule has 0 fully saturated rings. The monoisotopic (exact) mass is 299 g/mol. The van der Waals surface area contributed by atoms with Gasteiger partial charge in [0.15, 0.2) is 13.2 Å². The van der Waals surface area contributed by atoms with Crippen LogP contribution in [0.2, 0.25) is 0 Å². The van der Waals surface area contributed by atoms with Gasteiger partial charge >= 0.3 is 0 Å². The molecule has 0 bridgehead atoms. The number of hydrogen-bond donors (Lipinski definition) is 2. The van der Waals surface area contributed by atoms with Crippen molar-refractivity contribution in [3.8, 4) is 22.6 Å². The predicted molar refractivity (Wildman–Crippen MR) is 80.1 cm³/mol. The number of rotatable bonds is 7. The molecule has 2 rings (SSSR count). The number of nitrogens with two attached hydrogens (primary N) is 2. The second-order valence-electron chi connectivity index (χ2n) is 4.48. The fraction of sp³-hybridized carbons (Fsp3) is 0.125. The molecule has 6 heteroatoms. The van der Waals surface area contributed by atoms with Crippen molar-refractivity contribution in [1.29, 1.82) is 0 Å². The Hall–Kier alpha value is -3.02. The van der Waals surface area contributed by atoms with E-state index in [4.69, 9.17) is 20.9 Å². The Morgan fingerprint density at radius 1 is 0.955 bits per heavy atom. The highest BCUT2D eigenvalue weighted by Gasteiger charge is 2.04.